The average molecular weight is 279 g/mol. The lowest BCUT2D eigenvalue weighted by Gasteiger charge is -2.08. The molecule has 3 N–H and O–H groups in total. The molecule has 1 aromatic carbocycles. The molecule has 1 amide bonds. The van der Waals surface area contributed by atoms with Gasteiger partial charge in [0.15, 0.2) is 17.3 Å². The molecule has 0 aliphatic carbocycles. The van der Waals surface area contributed by atoms with Crippen molar-refractivity contribution in [3.05, 3.63) is 41.5 Å². The number of aryl methyl sites for hydroxylation is 1. The molecule has 0 radical (unpaired) electrons. The number of nitrogen functional groups attached to an aromatic ring is 1. The number of hydrogen-bond acceptors (Lipinski definition) is 5. The summed E-state index contributed by atoms with van der Waals surface area (Å²) < 4.78 is 20.4. The van der Waals surface area contributed by atoms with Crippen molar-refractivity contribution in [3.8, 4) is 5.75 Å². The van der Waals surface area contributed by atoms with Crippen LogP contribution in [0.3, 0.4) is 0 Å². The van der Waals surface area contributed by atoms with E-state index in [9.17, 15) is 9.18 Å². The highest BCUT2D eigenvalue weighted by atomic mass is 19.1. The van der Waals surface area contributed by atoms with Gasteiger partial charge in [-0.25, -0.2) is 14.9 Å². The van der Waals surface area contributed by atoms with Crippen LogP contribution in [-0.4, -0.2) is 27.5 Å². The molecule has 0 aliphatic heterocycles. The van der Waals surface area contributed by atoms with E-state index < -0.39 is 5.91 Å². The SMILES string of the molecule is Cc1cccc(OCCn2cc(C(=O)NN)nn2)c1F. The number of carbonyl (C=O) groups is 1. The molecule has 20 heavy (non-hydrogen) atoms. The smallest absolute Gasteiger partial charge is 0.287 e. The fourth-order valence-corrected chi connectivity index (χ4v) is 1.57. The van der Waals surface area contributed by atoms with Crippen LogP contribution in [0.1, 0.15) is 16.1 Å². The first-order valence-electron chi connectivity index (χ1n) is 5.91. The van der Waals surface area contributed by atoms with E-state index >= 15 is 0 Å². The van der Waals surface area contributed by atoms with Gasteiger partial charge in [0.1, 0.15) is 6.61 Å². The van der Waals surface area contributed by atoms with E-state index in [4.69, 9.17) is 10.6 Å². The number of hydrazine groups is 1. The number of nitrogens with zero attached hydrogens (tertiary/aromatic N) is 3. The highest BCUT2D eigenvalue weighted by Crippen LogP contribution is 2.19. The highest BCUT2D eigenvalue weighted by molar-refractivity contribution is 5.91. The Bertz CT molecular complexity index is 614. The van der Waals surface area contributed by atoms with Gasteiger partial charge in [0, 0.05) is 0 Å². The van der Waals surface area contributed by atoms with Gasteiger partial charge >= 0.3 is 0 Å². The zero-order chi connectivity index (χ0) is 14.5. The standard InChI is InChI=1S/C12H14FN5O2/c1-8-3-2-4-10(11(8)13)20-6-5-18-7-9(16-17-18)12(19)15-14/h2-4,7H,5-6,14H2,1H3,(H,15,19). The Morgan fingerprint density at radius 2 is 2.35 bits per heavy atom. The van der Waals surface area contributed by atoms with E-state index in [-0.39, 0.29) is 23.9 Å². The number of carbonyl (C=O) groups excluding carboxylic acids is 1. The number of amides is 1. The minimum Gasteiger partial charge on any atom is -0.489 e. The first-order valence-corrected chi connectivity index (χ1v) is 5.91. The van der Waals surface area contributed by atoms with E-state index in [0.717, 1.165) is 0 Å². The van der Waals surface area contributed by atoms with Crippen molar-refractivity contribution in [2.75, 3.05) is 6.61 Å². The molecule has 8 heteroatoms. The number of nitrogens with two attached hydrogens (primary N) is 1. The summed E-state index contributed by atoms with van der Waals surface area (Å²) in [5.41, 5.74) is 2.58. The zero-order valence-corrected chi connectivity index (χ0v) is 10.8. The third-order valence-corrected chi connectivity index (χ3v) is 2.64. The molecule has 7 nitrogen and oxygen atoms in total. The quantitative estimate of drug-likeness (QED) is 0.469. The van der Waals surface area contributed by atoms with Crippen molar-refractivity contribution in [2.24, 2.45) is 5.84 Å². The number of rotatable bonds is 5. The summed E-state index contributed by atoms with van der Waals surface area (Å²) in [5, 5.41) is 7.37. The summed E-state index contributed by atoms with van der Waals surface area (Å²) in [5.74, 6) is 4.26. The maximum Gasteiger partial charge on any atom is 0.287 e. The van der Waals surface area contributed by atoms with Crippen LogP contribution in [0.5, 0.6) is 5.75 Å². The van der Waals surface area contributed by atoms with Crippen molar-refractivity contribution < 1.29 is 13.9 Å². The Kier molecular flexibility index (Phi) is 4.26. The normalized spacial score (nSPS) is 10.3. The van der Waals surface area contributed by atoms with E-state index in [1.54, 1.807) is 25.1 Å². The Morgan fingerprint density at radius 1 is 1.55 bits per heavy atom. The van der Waals surface area contributed by atoms with Crippen LogP contribution in [0.4, 0.5) is 4.39 Å². The summed E-state index contributed by atoms with van der Waals surface area (Å²) in [7, 11) is 0. The fourth-order valence-electron chi connectivity index (χ4n) is 1.57. The van der Waals surface area contributed by atoms with Crippen LogP contribution < -0.4 is 16.0 Å². The predicted octanol–water partition coefficient (Wildman–Crippen LogP) is 0.408. The van der Waals surface area contributed by atoms with Crippen LogP contribution in [0.25, 0.3) is 0 Å². The van der Waals surface area contributed by atoms with Gasteiger partial charge in [-0.3, -0.25) is 10.2 Å². The second kappa shape index (κ2) is 6.11. The fraction of sp³-hybridized carbons (Fsp3) is 0.250. The van der Waals surface area contributed by atoms with Gasteiger partial charge < -0.3 is 4.74 Å². The maximum atomic E-state index is 13.7. The summed E-state index contributed by atoms with van der Waals surface area (Å²) in [6.07, 6.45) is 1.43. The Labute approximate surface area is 114 Å². The molecule has 2 rings (SSSR count). The second-order valence-electron chi connectivity index (χ2n) is 4.08. The van der Waals surface area contributed by atoms with Crippen LogP contribution >= 0.6 is 0 Å². The van der Waals surface area contributed by atoms with Gasteiger partial charge in [-0.05, 0) is 18.6 Å². The van der Waals surface area contributed by atoms with Crippen molar-refractivity contribution in [2.45, 2.75) is 13.5 Å². The molecule has 0 atom stereocenters. The van der Waals surface area contributed by atoms with Crippen molar-refractivity contribution >= 4 is 5.91 Å². The average Bonchev–Trinajstić information content (AvgIpc) is 2.91. The molecule has 0 bridgehead atoms. The Hall–Kier alpha value is -2.48. The van der Waals surface area contributed by atoms with Gasteiger partial charge in [-0.2, -0.15) is 0 Å². The van der Waals surface area contributed by atoms with Crippen molar-refractivity contribution in [1.29, 1.82) is 0 Å². The van der Waals surface area contributed by atoms with Gasteiger partial charge in [0.25, 0.3) is 5.91 Å². The lowest BCUT2D eigenvalue weighted by Crippen LogP contribution is -2.30. The molecule has 1 aromatic heterocycles. The molecule has 0 spiro atoms. The largest absolute Gasteiger partial charge is 0.489 e. The topological polar surface area (TPSA) is 95.1 Å². The second-order valence-corrected chi connectivity index (χ2v) is 4.08. The number of halogens is 1. The number of aromatic nitrogens is 3. The monoisotopic (exact) mass is 279 g/mol. The van der Waals surface area contributed by atoms with E-state index in [0.29, 0.717) is 12.1 Å². The summed E-state index contributed by atoms with van der Waals surface area (Å²) >= 11 is 0. The third-order valence-electron chi connectivity index (χ3n) is 2.64. The van der Waals surface area contributed by atoms with E-state index in [1.807, 2.05) is 5.43 Å². The van der Waals surface area contributed by atoms with Crippen LogP contribution in [-0.2, 0) is 6.54 Å². The number of ether oxygens (including phenoxy) is 1. The highest BCUT2D eigenvalue weighted by Gasteiger charge is 2.09. The van der Waals surface area contributed by atoms with Gasteiger partial charge in [0.05, 0.1) is 12.7 Å². The molecule has 1 heterocycles. The van der Waals surface area contributed by atoms with Crippen molar-refractivity contribution in [3.63, 3.8) is 0 Å². The van der Waals surface area contributed by atoms with E-state index in [1.165, 1.54) is 10.9 Å². The molecule has 0 unspecified atom stereocenters. The van der Waals surface area contributed by atoms with Gasteiger partial charge in [-0.15, -0.1) is 5.10 Å². The number of nitrogens with one attached hydrogen (secondary N) is 1. The molecule has 106 valence electrons. The zero-order valence-electron chi connectivity index (χ0n) is 10.8. The molecular formula is C12H14FN5O2. The van der Waals surface area contributed by atoms with Crippen LogP contribution in [0.2, 0.25) is 0 Å². The molecule has 0 fully saturated rings. The lowest BCUT2D eigenvalue weighted by molar-refractivity contribution is 0.0948. The Morgan fingerprint density at radius 3 is 3.10 bits per heavy atom. The van der Waals surface area contributed by atoms with Crippen LogP contribution in [0.15, 0.2) is 24.4 Å². The number of benzene rings is 1. The van der Waals surface area contributed by atoms with E-state index in [2.05, 4.69) is 10.3 Å². The first kappa shape index (κ1) is 13.9. The number of hydrogen-bond donors (Lipinski definition) is 2. The van der Waals surface area contributed by atoms with Crippen LogP contribution in [0, 0.1) is 12.7 Å². The molecular weight excluding hydrogens is 265 g/mol. The molecule has 2 aromatic rings. The van der Waals surface area contributed by atoms with Gasteiger partial charge in [-0.1, -0.05) is 17.3 Å². The first-order chi connectivity index (χ1) is 9.61. The molecule has 0 aliphatic rings. The lowest BCUT2D eigenvalue weighted by atomic mass is 10.2. The summed E-state index contributed by atoms with van der Waals surface area (Å²) in [6, 6.07) is 4.93. The molecule has 0 saturated carbocycles. The minimum atomic E-state index is -0.526. The van der Waals surface area contributed by atoms with Gasteiger partial charge in [0.2, 0.25) is 0 Å². The third kappa shape index (κ3) is 3.09. The van der Waals surface area contributed by atoms with Crippen molar-refractivity contribution in [1.82, 2.24) is 20.4 Å². The predicted molar refractivity (Wildman–Crippen MR) is 68.3 cm³/mol. The summed E-state index contributed by atoms with van der Waals surface area (Å²) in [6.45, 7) is 2.20. The Balaban J connectivity index is 1.91. The minimum absolute atomic E-state index is 0.106. The summed E-state index contributed by atoms with van der Waals surface area (Å²) in [4.78, 5) is 11.2. The maximum absolute atomic E-state index is 13.7. The molecule has 0 saturated heterocycles.